The molecule has 37 heavy (non-hydrogen) atoms. The first-order valence-electron chi connectivity index (χ1n) is 14.0. The minimum absolute atomic E-state index is 0.426. The van der Waals surface area contributed by atoms with Gasteiger partial charge < -0.3 is 4.74 Å². The van der Waals surface area contributed by atoms with E-state index in [9.17, 15) is 10.5 Å². The van der Waals surface area contributed by atoms with Crippen LogP contribution in [0.25, 0.3) is 22.3 Å². The summed E-state index contributed by atoms with van der Waals surface area (Å²) in [7, 11) is 0. The molecule has 4 rings (SSSR count). The lowest BCUT2D eigenvalue weighted by Gasteiger charge is -2.28. The molecule has 1 saturated carbocycles. The van der Waals surface area contributed by atoms with Crippen molar-refractivity contribution in [3.8, 4) is 40.1 Å². The largest absolute Gasteiger partial charge is 0.494 e. The number of unbranched alkanes of at least 4 members (excludes halogenated alkanes) is 2. The van der Waals surface area contributed by atoms with E-state index in [0.717, 1.165) is 46.8 Å². The van der Waals surface area contributed by atoms with Crippen molar-refractivity contribution in [3.05, 3.63) is 77.4 Å². The zero-order chi connectivity index (χ0) is 26.0. The monoisotopic (exact) mass is 490 g/mol. The van der Waals surface area contributed by atoms with Crippen LogP contribution in [0.15, 0.2) is 60.7 Å². The highest BCUT2D eigenvalue weighted by atomic mass is 16.5. The summed E-state index contributed by atoms with van der Waals surface area (Å²) in [6, 6.07) is 25.1. The van der Waals surface area contributed by atoms with Gasteiger partial charge in [-0.05, 0) is 72.8 Å². The Balaban J connectivity index is 1.53. The second kappa shape index (κ2) is 13.1. The Morgan fingerprint density at radius 1 is 0.703 bits per heavy atom. The Morgan fingerprint density at radius 2 is 1.27 bits per heavy atom. The average molecular weight is 491 g/mol. The van der Waals surface area contributed by atoms with Gasteiger partial charge in [0.2, 0.25) is 0 Å². The summed E-state index contributed by atoms with van der Waals surface area (Å²) >= 11 is 0. The minimum Gasteiger partial charge on any atom is -0.494 e. The maximum absolute atomic E-state index is 10.1. The zero-order valence-electron chi connectivity index (χ0n) is 22.3. The number of nitrogens with zero attached hydrogens (tertiary/aromatic N) is 2. The van der Waals surface area contributed by atoms with Crippen LogP contribution in [0, 0.1) is 28.6 Å². The number of benzene rings is 3. The average Bonchev–Trinajstić information content (AvgIpc) is 2.95. The van der Waals surface area contributed by atoms with Gasteiger partial charge in [0.05, 0.1) is 17.7 Å². The minimum atomic E-state index is 0.426. The summed E-state index contributed by atoms with van der Waals surface area (Å²) in [5.74, 6) is 2.36. The van der Waals surface area contributed by atoms with Crippen molar-refractivity contribution in [1.29, 1.82) is 10.5 Å². The molecule has 3 nitrogen and oxygen atoms in total. The molecular formula is C34H38N2O. The molecule has 0 radical (unpaired) electrons. The van der Waals surface area contributed by atoms with Crippen LogP contribution in [0.1, 0.15) is 94.2 Å². The van der Waals surface area contributed by atoms with Crippen LogP contribution >= 0.6 is 0 Å². The molecular weight excluding hydrogens is 452 g/mol. The molecule has 0 bridgehead atoms. The smallest absolute Gasteiger partial charge is 0.119 e. The summed E-state index contributed by atoms with van der Waals surface area (Å²) in [6.07, 6.45) is 11.2. The first kappa shape index (κ1) is 26.5. The van der Waals surface area contributed by atoms with E-state index >= 15 is 0 Å². The van der Waals surface area contributed by atoms with E-state index in [1.807, 2.05) is 36.4 Å². The van der Waals surface area contributed by atoms with Gasteiger partial charge in [-0.3, -0.25) is 0 Å². The molecule has 0 aromatic heterocycles. The van der Waals surface area contributed by atoms with Crippen molar-refractivity contribution in [2.75, 3.05) is 6.61 Å². The molecule has 0 atom stereocenters. The molecule has 1 fully saturated rings. The summed E-state index contributed by atoms with van der Waals surface area (Å²) < 4.78 is 5.83. The van der Waals surface area contributed by atoms with E-state index < -0.39 is 0 Å². The van der Waals surface area contributed by atoms with E-state index in [1.54, 1.807) is 0 Å². The third-order valence-corrected chi connectivity index (χ3v) is 7.85. The predicted octanol–water partition coefficient (Wildman–Crippen LogP) is 9.41. The highest BCUT2D eigenvalue weighted by molar-refractivity contribution is 5.82. The second-order valence-electron chi connectivity index (χ2n) is 10.3. The molecule has 3 heteroatoms. The maximum atomic E-state index is 10.1. The van der Waals surface area contributed by atoms with E-state index in [-0.39, 0.29) is 0 Å². The van der Waals surface area contributed by atoms with Crippen molar-refractivity contribution >= 4 is 0 Å². The Bertz CT molecular complexity index is 1240. The second-order valence-corrected chi connectivity index (χ2v) is 10.3. The molecule has 190 valence electrons. The summed E-state index contributed by atoms with van der Waals surface area (Å²) in [5, 5.41) is 20.1. The molecule has 0 saturated heterocycles. The number of rotatable bonds is 10. The Labute approximate surface area is 222 Å². The van der Waals surface area contributed by atoms with Crippen LogP contribution < -0.4 is 4.74 Å². The highest BCUT2D eigenvalue weighted by Gasteiger charge is 2.22. The number of ether oxygens (including phenoxy) is 1. The van der Waals surface area contributed by atoms with Gasteiger partial charge in [0.25, 0.3) is 0 Å². The summed E-state index contributed by atoms with van der Waals surface area (Å²) in [5.41, 5.74) is 5.75. The van der Waals surface area contributed by atoms with Gasteiger partial charge in [0.15, 0.2) is 0 Å². The van der Waals surface area contributed by atoms with Crippen LogP contribution in [-0.2, 0) is 0 Å². The molecule has 0 spiro atoms. The Kier molecular flexibility index (Phi) is 9.40. The van der Waals surface area contributed by atoms with Crippen LogP contribution in [0.5, 0.6) is 5.75 Å². The maximum Gasteiger partial charge on any atom is 0.119 e. The molecule has 1 aliphatic rings. The van der Waals surface area contributed by atoms with E-state index in [0.29, 0.717) is 23.7 Å². The molecule has 0 heterocycles. The molecule has 3 aromatic carbocycles. The third-order valence-electron chi connectivity index (χ3n) is 7.85. The molecule has 1 aliphatic carbocycles. The fourth-order valence-electron chi connectivity index (χ4n) is 5.72. The molecule has 0 amide bonds. The number of nitriles is 2. The molecule has 0 unspecified atom stereocenters. The standard InChI is InChI=1S/C34H38N2O/c1-3-5-6-22-37-30-18-16-29(17-19-30)32-21-20-31(33(23-35)34(32)24-36)28-14-12-27(13-15-28)26-10-8-25(7-4-2)9-11-26/h12-21,25-26H,3-11,22H2,1-2H3/t25-,26-. The quantitative estimate of drug-likeness (QED) is 0.266. The van der Waals surface area contributed by atoms with Crippen molar-refractivity contribution in [2.45, 2.75) is 77.6 Å². The van der Waals surface area contributed by atoms with Gasteiger partial charge in [0, 0.05) is 11.1 Å². The SMILES string of the molecule is CCCCCOc1ccc(-c2ccc(-c3ccc([C@H]4CC[C@H](CCC)CC4)cc3)c(C#N)c2C#N)cc1. The summed E-state index contributed by atoms with van der Waals surface area (Å²) in [6.45, 7) is 5.17. The van der Waals surface area contributed by atoms with Crippen molar-refractivity contribution in [3.63, 3.8) is 0 Å². The predicted molar refractivity (Wildman–Crippen MR) is 151 cm³/mol. The lowest BCUT2D eigenvalue weighted by atomic mass is 9.77. The van der Waals surface area contributed by atoms with Crippen molar-refractivity contribution in [2.24, 2.45) is 5.92 Å². The molecule has 3 aromatic rings. The van der Waals surface area contributed by atoms with Crippen molar-refractivity contribution in [1.82, 2.24) is 0 Å². The van der Waals surface area contributed by atoms with Gasteiger partial charge in [-0.1, -0.05) is 88.1 Å². The first-order chi connectivity index (χ1) is 18.2. The first-order valence-corrected chi connectivity index (χ1v) is 14.0. The third kappa shape index (κ3) is 6.42. The fourth-order valence-corrected chi connectivity index (χ4v) is 5.72. The normalized spacial score (nSPS) is 17.1. The lowest BCUT2D eigenvalue weighted by molar-refractivity contribution is 0.306. The number of hydrogen-bond acceptors (Lipinski definition) is 3. The molecule has 0 N–H and O–H groups in total. The van der Waals surface area contributed by atoms with Crippen LogP contribution in [0.3, 0.4) is 0 Å². The van der Waals surface area contributed by atoms with E-state index in [1.165, 1.54) is 50.5 Å². The van der Waals surface area contributed by atoms with E-state index in [4.69, 9.17) is 4.74 Å². The highest BCUT2D eigenvalue weighted by Crippen LogP contribution is 2.39. The summed E-state index contributed by atoms with van der Waals surface area (Å²) in [4.78, 5) is 0. The van der Waals surface area contributed by atoms with Crippen LogP contribution in [0.4, 0.5) is 0 Å². The van der Waals surface area contributed by atoms with E-state index in [2.05, 4.69) is 50.3 Å². The van der Waals surface area contributed by atoms with Gasteiger partial charge in [0.1, 0.15) is 17.9 Å². The van der Waals surface area contributed by atoms with Gasteiger partial charge in [-0.2, -0.15) is 10.5 Å². The topological polar surface area (TPSA) is 56.8 Å². The van der Waals surface area contributed by atoms with Gasteiger partial charge in [-0.15, -0.1) is 0 Å². The lowest BCUT2D eigenvalue weighted by Crippen LogP contribution is -2.13. The Morgan fingerprint density at radius 3 is 1.78 bits per heavy atom. The van der Waals surface area contributed by atoms with Crippen LogP contribution in [0.2, 0.25) is 0 Å². The fraction of sp³-hybridized carbons (Fsp3) is 0.412. The van der Waals surface area contributed by atoms with Gasteiger partial charge >= 0.3 is 0 Å². The number of hydrogen-bond donors (Lipinski definition) is 0. The Hall–Kier alpha value is -3.56. The van der Waals surface area contributed by atoms with Crippen LogP contribution in [-0.4, -0.2) is 6.61 Å². The zero-order valence-corrected chi connectivity index (χ0v) is 22.3. The van der Waals surface area contributed by atoms with Crippen molar-refractivity contribution < 1.29 is 4.74 Å². The van der Waals surface area contributed by atoms with Gasteiger partial charge in [-0.25, -0.2) is 0 Å². The molecule has 0 aliphatic heterocycles.